The summed E-state index contributed by atoms with van der Waals surface area (Å²) in [6, 6.07) is 11.1. The van der Waals surface area contributed by atoms with Gasteiger partial charge in [-0.15, -0.1) is 0 Å². The molecule has 5 nitrogen and oxygen atoms in total. The summed E-state index contributed by atoms with van der Waals surface area (Å²) >= 11 is 5.89. The number of ether oxygens (including phenoxy) is 1. The van der Waals surface area contributed by atoms with Crippen molar-refractivity contribution in [3.63, 3.8) is 0 Å². The maximum atomic E-state index is 13.4. The van der Waals surface area contributed by atoms with Gasteiger partial charge in [0.05, 0.1) is 18.0 Å². The molecule has 2 aromatic carbocycles. The molecule has 0 bridgehead atoms. The van der Waals surface area contributed by atoms with E-state index in [1.165, 1.54) is 47.8 Å². The van der Waals surface area contributed by atoms with Gasteiger partial charge in [-0.1, -0.05) is 23.7 Å². The molecule has 2 unspecified atom stereocenters. The van der Waals surface area contributed by atoms with Gasteiger partial charge in [-0.3, -0.25) is 4.79 Å². The molecule has 0 spiro atoms. The van der Waals surface area contributed by atoms with Crippen LogP contribution in [0.2, 0.25) is 5.02 Å². The van der Waals surface area contributed by atoms with Crippen molar-refractivity contribution in [1.82, 2.24) is 4.31 Å². The first-order chi connectivity index (χ1) is 13.3. The van der Waals surface area contributed by atoms with Crippen molar-refractivity contribution < 1.29 is 22.3 Å². The third-order valence-corrected chi connectivity index (χ3v) is 7.22. The maximum absolute atomic E-state index is 13.4. The lowest BCUT2D eigenvalue weighted by molar-refractivity contribution is -0.140. The predicted molar refractivity (Wildman–Crippen MR) is 104 cm³/mol. The van der Waals surface area contributed by atoms with E-state index in [-0.39, 0.29) is 29.1 Å². The van der Waals surface area contributed by atoms with Crippen LogP contribution in [0.1, 0.15) is 37.3 Å². The number of carbonyl (C=O) groups is 1. The summed E-state index contributed by atoms with van der Waals surface area (Å²) in [5.74, 6) is -0.759. The molecule has 1 aliphatic heterocycles. The standard InChI is InChI=1S/C20H21ClFNO4S/c1-27-20(24)13-9-17-8-12-19(14-2-6-16(22)7-3-14)23(17)28(25,26)18-10-4-15(21)5-11-18/h2-7,10-11,17,19H,8-9,12-13H2,1H3. The molecule has 28 heavy (non-hydrogen) atoms. The molecule has 0 radical (unpaired) electrons. The van der Waals surface area contributed by atoms with E-state index >= 15 is 0 Å². The first-order valence-electron chi connectivity index (χ1n) is 8.94. The third kappa shape index (κ3) is 4.37. The lowest BCUT2D eigenvalue weighted by Crippen LogP contribution is -2.37. The van der Waals surface area contributed by atoms with Crippen LogP contribution in [0.15, 0.2) is 53.4 Å². The fourth-order valence-electron chi connectivity index (χ4n) is 3.61. The number of hydrogen-bond acceptors (Lipinski definition) is 4. The Bertz CT molecular complexity index is 932. The topological polar surface area (TPSA) is 63.7 Å². The van der Waals surface area contributed by atoms with Gasteiger partial charge >= 0.3 is 5.97 Å². The molecule has 2 aromatic rings. The van der Waals surface area contributed by atoms with E-state index < -0.39 is 16.1 Å². The van der Waals surface area contributed by atoms with Gasteiger partial charge in [0.15, 0.2) is 0 Å². The maximum Gasteiger partial charge on any atom is 0.305 e. The molecular weight excluding hydrogens is 405 g/mol. The summed E-state index contributed by atoms with van der Waals surface area (Å²) in [5.41, 5.74) is 0.722. The number of rotatable bonds is 6. The molecule has 150 valence electrons. The van der Waals surface area contributed by atoms with E-state index in [9.17, 15) is 17.6 Å². The van der Waals surface area contributed by atoms with Crippen LogP contribution in [-0.4, -0.2) is 31.8 Å². The van der Waals surface area contributed by atoms with Gasteiger partial charge in [0.25, 0.3) is 0 Å². The Morgan fingerprint density at radius 1 is 1.14 bits per heavy atom. The second kappa shape index (κ2) is 8.59. The molecule has 2 atom stereocenters. The summed E-state index contributed by atoms with van der Waals surface area (Å²) < 4.78 is 46.3. The molecular formula is C20H21ClFNO4S. The summed E-state index contributed by atoms with van der Waals surface area (Å²) in [6.45, 7) is 0. The van der Waals surface area contributed by atoms with E-state index in [0.29, 0.717) is 24.3 Å². The van der Waals surface area contributed by atoms with Gasteiger partial charge in [-0.25, -0.2) is 12.8 Å². The highest BCUT2D eigenvalue weighted by Crippen LogP contribution is 2.42. The third-order valence-electron chi connectivity index (χ3n) is 4.99. The number of methoxy groups -OCH3 is 1. The van der Waals surface area contributed by atoms with Crippen LogP contribution in [0, 0.1) is 5.82 Å². The van der Waals surface area contributed by atoms with Crippen LogP contribution in [0.5, 0.6) is 0 Å². The Hall–Kier alpha value is -1.96. The highest BCUT2D eigenvalue weighted by Gasteiger charge is 2.42. The summed E-state index contributed by atoms with van der Waals surface area (Å²) in [5, 5.41) is 0.442. The largest absolute Gasteiger partial charge is 0.469 e. The van der Waals surface area contributed by atoms with E-state index in [1.807, 2.05) is 0 Å². The van der Waals surface area contributed by atoms with Crippen LogP contribution in [0.3, 0.4) is 0 Å². The fraction of sp³-hybridized carbons (Fsp3) is 0.350. The van der Waals surface area contributed by atoms with Gasteiger partial charge in [0.1, 0.15) is 5.82 Å². The van der Waals surface area contributed by atoms with Gasteiger partial charge in [-0.05, 0) is 61.2 Å². The molecule has 0 aliphatic carbocycles. The van der Waals surface area contributed by atoms with Crippen molar-refractivity contribution in [1.29, 1.82) is 0 Å². The van der Waals surface area contributed by atoms with Crippen LogP contribution in [0.4, 0.5) is 4.39 Å². The molecule has 0 amide bonds. The second-order valence-corrected chi connectivity index (χ2v) is 8.98. The van der Waals surface area contributed by atoms with Crippen molar-refractivity contribution in [2.75, 3.05) is 7.11 Å². The summed E-state index contributed by atoms with van der Waals surface area (Å²) in [4.78, 5) is 11.7. The monoisotopic (exact) mass is 425 g/mol. The van der Waals surface area contributed by atoms with E-state index in [4.69, 9.17) is 16.3 Å². The quantitative estimate of drug-likeness (QED) is 0.646. The minimum atomic E-state index is -3.84. The van der Waals surface area contributed by atoms with Crippen LogP contribution in [-0.2, 0) is 19.6 Å². The number of nitrogens with zero attached hydrogens (tertiary/aromatic N) is 1. The molecule has 8 heteroatoms. The smallest absolute Gasteiger partial charge is 0.305 e. The Labute approximate surface area is 169 Å². The van der Waals surface area contributed by atoms with Crippen molar-refractivity contribution in [2.45, 2.75) is 42.7 Å². The van der Waals surface area contributed by atoms with Crippen LogP contribution in [0.25, 0.3) is 0 Å². The van der Waals surface area contributed by atoms with E-state index in [0.717, 1.165) is 5.56 Å². The lowest BCUT2D eigenvalue weighted by Gasteiger charge is -2.29. The lowest BCUT2D eigenvalue weighted by atomic mass is 10.1. The van der Waals surface area contributed by atoms with E-state index in [2.05, 4.69) is 0 Å². The van der Waals surface area contributed by atoms with Gasteiger partial charge in [0, 0.05) is 17.5 Å². The summed E-state index contributed by atoms with van der Waals surface area (Å²) in [7, 11) is -2.53. The molecule has 0 N–H and O–H groups in total. The average Bonchev–Trinajstić information content (AvgIpc) is 3.12. The zero-order valence-electron chi connectivity index (χ0n) is 15.3. The number of esters is 1. The first kappa shape index (κ1) is 20.8. The zero-order valence-corrected chi connectivity index (χ0v) is 16.9. The van der Waals surface area contributed by atoms with Crippen LogP contribution >= 0.6 is 11.6 Å². The predicted octanol–water partition coefficient (Wildman–Crippen LogP) is 4.33. The molecule has 3 rings (SSSR count). The van der Waals surface area contributed by atoms with Crippen molar-refractivity contribution in [2.24, 2.45) is 0 Å². The van der Waals surface area contributed by atoms with Crippen molar-refractivity contribution in [3.05, 3.63) is 64.9 Å². The molecule has 1 heterocycles. The SMILES string of the molecule is COC(=O)CCC1CCC(c2ccc(F)cc2)N1S(=O)(=O)c1ccc(Cl)cc1. The van der Waals surface area contributed by atoms with Gasteiger partial charge in [0.2, 0.25) is 10.0 Å². The Morgan fingerprint density at radius 2 is 1.79 bits per heavy atom. The minimum Gasteiger partial charge on any atom is -0.469 e. The molecule has 1 fully saturated rings. The van der Waals surface area contributed by atoms with Crippen molar-refractivity contribution >= 4 is 27.6 Å². The van der Waals surface area contributed by atoms with Gasteiger partial charge < -0.3 is 4.74 Å². The fourth-order valence-corrected chi connectivity index (χ4v) is 5.62. The Kier molecular flexibility index (Phi) is 6.37. The second-order valence-electron chi connectivity index (χ2n) is 6.70. The minimum absolute atomic E-state index is 0.129. The van der Waals surface area contributed by atoms with Crippen molar-refractivity contribution in [3.8, 4) is 0 Å². The molecule has 1 aliphatic rings. The normalized spacial score (nSPS) is 20.2. The number of sulfonamides is 1. The summed E-state index contributed by atoms with van der Waals surface area (Å²) in [6.07, 6.45) is 1.68. The molecule has 1 saturated heterocycles. The molecule has 0 aromatic heterocycles. The first-order valence-corrected chi connectivity index (χ1v) is 10.8. The highest BCUT2D eigenvalue weighted by atomic mass is 35.5. The zero-order chi connectivity index (χ0) is 20.3. The van der Waals surface area contributed by atoms with Gasteiger partial charge in [-0.2, -0.15) is 4.31 Å². The Balaban J connectivity index is 1.97. The van der Waals surface area contributed by atoms with Crippen LogP contribution < -0.4 is 0 Å². The molecule has 0 saturated carbocycles. The number of benzene rings is 2. The average molecular weight is 426 g/mol. The highest BCUT2D eigenvalue weighted by molar-refractivity contribution is 7.89. The number of halogens is 2. The Morgan fingerprint density at radius 3 is 2.39 bits per heavy atom. The number of hydrogen-bond donors (Lipinski definition) is 0. The van der Waals surface area contributed by atoms with E-state index in [1.54, 1.807) is 12.1 Å². The number of carbonyl (C=O) groups excluding carboxylic acids is 1.